The second kappa shape index (κ2) is 8.75. The molecule has 2 aromatic heterocycles. The molecule has 11 heteroatoms. The molecule has 1 aliphatic carbocycles. The van der Waals surface area contributed by atoms with Crippen molar-refractivity contribution in [2.24, 2.45) is 0 Å². The quantitative estimate of drug-likeness (QED) is 0.310. The van der Waals surface area contributed by atoms with Crippen LogP contribution >= 0.6 is 38.9 Å². The molecule has 33 heavy (non-hydrogen) atoms. The number of sulfonamides is 1. The predicted octanol–water partition coefficient (Wildman–Crippen LogP) is 5.72. The van der Waals surface area contributed by atoms with Gasteiger partial charge in [0.15, 0.2) is 5.82 Å². The first kappa shape index (κ1) is 22.4. The van der Waals surface area contributed by atoms with Gasteiger partial charge in [-0.1, -0.05) is 45.7 Å². The van der Waals surface area contributed by atoms with Crippen molar-refractivity contribution in [3.63, 3.8) is 0 Å². The van der Waals surface area contributed by atoms with E-state index in [0.717, 1.165) is 14.9 Å². The molecule has 2 aromatic carbocycles. The summed E-state index contributed by atoms with van der Waals surface area (Å²) in [7, 11) is -2.16. The van der Waals surface area contributed by atoms with Gasteiger partial charge in [0.1, 0.15) is 5.75 Å². The second-order valence-electron chi connectivity index (χ2n) is 7.56. The van der Waals surface area contributed by atoms with E-state index in [2.05, 4.69) is 30.8 Å². The Hall–Kier alpha value is -2.40. The molecule has 0 spiro atoms. The third-order valence-electron chi connectivity index (χ3n) is 5.45. The van der Waals surface area contributed by atoms with Crippen molar-refractivity contribution in [3.8, 4) is 22.1 Å². The lowest BCUT2D eigenvalue weighted by Crippen LogP contribution is -2.21. The van der Waals surface area contributed by atoms with Gasteiger partial charge in [-0.15, -0.1) is 21.5 Å². The highest BCUT2D eigenvalue weighted by atomic mass is 79.9. The van der Waals surface area contributed by atoms with Crippen LogP contribution in [0.25, 0.3) is 16.4 Å². The molecule has 0 saturated heterocycles. The van der Waals surface area contributed by atoms with Crippen LogP contribution in [0.5, 0.6) is 5.75 Å². The fraction of sp³-hybridized carbons (Fsp3) is 0.182. The molecule has 0 bridgehead atoms. The predicted molar refractivity (Wildman–Crippen MR) is 134 cm³/mol. The molecule has 170 valence electrons. The number of hydrogen-bond donors (Lipinski definition) is 1. The van der Waals surface area contributed by atoms with E-state index in [1.54, 1.807) is 29.9 Å². The van der Waals surface area contributed by atoms with Gasteiger partial charge in [0.05, 0.1) is 22.9 Å². The van der Waals surface area contributed by atoms with Crippen LogP contribution < -0.4 is 9.46 Å². The van der Waals surface area contributed by atoms with Gasteiger partial charge < -0.3 is 4.74 Å². The van der Waals surface area contributed by atoms with Crippen LogP contribution in [0.3, 0.4) is 0 Å². The number of halogens is 2. The molecule has 1 fully saturated rings. The number of benzene rings is 2. The molecule has 0 amide bonds. The standard InChI is InChI=1S/C22H18BrClN4O3S2/c1-31-18-9-6-14(23)11-17(18)28-21(19-3-2-10-32-19)25-26-22(28)27-33(29,30)20-12-16(20)13-4-7-15(24)8-5-13/h2-11,16,20H,12H2,1H3,(H,26,27)/t16-,20+/m1/s1. The van der Waals surface area contributed by atoms with Gasteiger partial charge in [-0.2, -0.15) is 0 Å². The van der Waals surface area contributed by atoms with Crippen LogP contribution in [0.2, 0.25) is 5.02 Å². The molecule has 1 saturated carbocycles. The van der Waals surface area contributed by atoms with Crippen molar-refractivity contribution < 1.29 is 13.2 Å². The SMILES string of the molecule is COc1ccc(Br)cc1-n1c(NS(=O)(=O)[C@H]2C[C@@H]2c2ccc(Cl)cc2)nnc1-c1cccs1. The maximum atomic E-state index is 13.3. The summed E-state index contributed by atoms with van der Waals surface area (Å²) in [5, 5.41) is 10.5. The number of thiophene rings is 1. The maximum absolute atomic E-state index is 13.3. The normalized spacial score (nSPS) is 17.7. The number of nitrogens with one attached hydrogen (secondary N) is 1. The van der Waals surface area contributed by atoms with Crippen molar-refractivity contribution in [3.05, 3.63) is 75.0 Å². The first-order valence-corrected chi connectivity index (χ1v) is 13.6. The highest BCUT2D eigenvalue weighted by molar-refractivity contribution is 9.10. The fourth-order valence-corrected chi connectivity index (χ4v) is 6.52. The topological polar surface area (TPSA) is 86.1 Å². The van der Waals surface area contributed by atoms with Crippen molar-refractivity contribution >= 4 is 54.8 Å². The Labute approximate surface area is 208 Å². The van der Waals surface area contributed by atoms with Gasteiger partial charge in [0.25, 0.3) is 0 Å². The van der Waals surface area contributed by atoms with E-state index >= 15 is 0 Å². The van der Waals surface area contributed by atoms with Gasteiger partial charge in [0.2, 0.25) is 16.0 Å². The highest BCUT2D eigenvalue weighted by Crippen LogP contribution is 2.46. The Balaban J connectivity index is 1.53. The average Bonchev–Trinajstić information content (AvgIpc) is 3.24. The summed E-state index contributed by atoms with van der Waals surface area (Å²) < 4.78 is 37.2. The third-order valence-corrected chi connectivity index (χ3v) is 8.84. The number of hydrogen-bond acceptors (Lipinski definition) is 6. The second-order valence-corrected chi connectivity index (χ2v) is 11.8. The molecule has 2 atom stereocenters. The zero-order valence-corrected chi connectivity index (χ0v) is 21.2. The first-order chi connectivity index (χ1) is 15.9. The van der Waals surface area contributed by atoms with E-state index in [1.807, 2.05) is 41.8 Å². The molecular weight excluding hydrogens is 548 g/mol. The summed E-state index contributed by atoms with van der Waals surface area (Å²) in [5.41, 5.74) is 1.56. The first-order valence-electron chi connectivity index (χ1n) is 9.97. The summed E-state index contributed by atoms with van der Waals surface area (Å²) >= 11 is 10.9. The Morgan fingerprint density at radius 3 is 2.67 bits per heavy atom. The van der Waals surface area contributed by atoms with Crippen LogP contribution in [0, 0.1) is 0 Å². The van der Waals surface area contributed by atoms with Crippen molar-refractivity contribution in [2.45, 2.75) is 17.6 Å². The van der Waals surface area contributed by atoms with Crippen LogP contribution in [-0.2, 0) is 10.0 Å². The van der Waals surface area contributed by atoms with Crippen LogP contribution in [0.4, 0.5) is 5.95 Å². The highest BCUT2D eigenvalue weighted by Gasteiger charge is 2.48. The lowest BCUT2D eigenvalue weighted by molar-refractivity contribution is 0.413. The van der Waals surface area contributed by atoms with Crippen LogP contribution in [0.1, 0.15) is 17.9 Å². The molecular formula is C22H18BrClN4O3S2. The van der Waals surface area contributed by atoms with Crippen LogP contribution in [0.15, 0.2) is 64.5 Å². The van der Waals surface area contributed by atoms with Gasteiger partial charge in [-0.05, 0) is 53.8 Å². The fourth-order valence-electron chi connectivity index (χ4n) is 3.76. The molecule has 1 aliphatic rings. The average molecular weight is 566 g/mol. The Morgan fingerprint density at radius 1 is 1.18 bits per heavy atom. The Bertz CT molecular complexity index is 1410. The molecule has 1 N–H and O–H groups in total. The van der Waals surface area contributed by atoms with Crippen molar-refractivity contribution in [1.82, 2.24) is 14.8 Å². The number of aromatic nitrogens is 3. The monoisotopic (exact) mass is 564 g/mol. The zero-order valence-electron chi connectivity index (χ0n) is 17.3. The van der Waals surface area contributed by atoms with Crippen LogP contribution in [-0.4, -0.2) is 35.5 Å². The lowest BCUT2D eigenvalue weighted by Gasteiger charge is -2.15. The number of ether oxygens (including phenoxy) is 1. The summed E-state index contributed by atoms with van der Waals surface area (Å²) in [6.45, 7) is 0. The molecule has 4 aromatic rings. The van der Waals surface area contributed by atoms with E-state index in [-0.39, 0.29) is 11.9 Å². The van der Waals surface area contributed by atoms with E-state index in [4.69, 9.17) is 16.3 Å². The number of methoxy groups -OCH3 is 1. The Morgan fingerprint density at radius 2 is 1.97 bits per heavy atom. The molecule has 5 rings (SSSR count). The largest absolute Gasteiger partial charge is 0.495 e. The molecule has 0 unspecified atom stereocenters. The van der Waals surface area contributed by atoms with Crippen molar-refractivity contribution in [1.29, 1.82) is 0 Å². The maximum Gasteiger partial charge on any atom is 0.243 e. The molecule has 7 nitrogen and oxygen atoms in total. The van der Waals surface area contributed by atoms with Crippen molar-refractivity contribution in [2.75, 3.05) is 11.8 Å². The van der Waals surface area contributed by atoms with E-state index < -0.39 is 15.3 Å². The summed E-state index contributed by atoms with van der Waals surface area (Å²) in [5.74, 6) is 1.09. The number of rotatable bonds is 7. The van der Waals surface area contributed by atoms with Gasteiger partial charge in [-0.3, -0.25) is 9.29 Å². The van der Waals surface area contributed by atoms with E-state index in [9.17, 15) is 8.42 Å². The van der Waals surface area contributed by atoms with Gasteiger partial charge in [-0.25, -0.2) is 8.42 Å². The minimum absolute atomic E-state index is 0.0895. The Kier molecular flexibility index (Phi) is 5.94. The summed E-state index contributed by atoms with van der Waals surface area (Å²) in [6, 6.07) is 16.6. The summed E-state index contributed by atoms with van der Waals surface area (Å²) in [4.78, 5) is 0.848. The summed E-state index contributed by atoms with van der Waals surface area (Å²) in [6.07, 6.45) is 0.531. The number of nitrogens with zero attached hydrogens (tertiary/aromatic N) is 3. The third kappa shape index (κ3) is 4.40. The van der Waals surface area contributed by atoms with E-state index in [1.165, 1.54) is 11.3 Å². The molecule has 0 radical (unpaired) electrons. The molecule has 0 aliphatic heterocycles. The zero-order chi connectivity index (χ0) is 23.2. The molecule has 2 heterocycles. The van der Waals surface area contributed by atoms with E-state index in [0.29, 0.717) is 28.7 Å². The number of anilines is 1. The minimum atomic E-state index is -3.72. The van der Waals surface area contributed by atoms with Gasteiger partial charge >= 0.3 is 0 Å². The minimum Gasteiger partial charge on any atom is -0.495 e. The smallest absolute Gasteiger partial charge is 0.243 e. The lowest BCUT2D eigenvalue weighted by atomic mass is 10.1. The van der Waals surface area contributed by atoms with Gasteiger partial charge in [0, 0.05) is 15.4 Å².